The van der Waals surface area contributed by atoms with Crippen LogP contribution in [0.1, 0.15) is 41.4 Å². The molecule has 0 spiro atoms. The number of benzene rings is 1. The van der Waals surface area contributed by atoms with Crippen LogP contribution in [0.2, 0.25) is 0 Å². The Morgan fingerprint density at radius 2 is 2.19 bits per heavy atom. The first kappa shape index (κ1) is 13.3. The van der Waals surface area contributed by atoms with E-state index in [9.17, 15) is 0 Å². The van der Waals surface area contributed by atoms with E-state index >= 15 is 0 Å². The van der Waals surface area contributed by atoms with Gasteiger partial charge in [0.2, 0.25) is 0 Å². The molecule has 1 atom stereocenters. The maximum atomic E-state index is 6.20. The highest BCUT2D eigenvalue weighted by Crippen LogP contribution is 2.38. The number of aromatic nitrogens is 1. The molecule has 0 fully saturated rings. The van der Waals surface area contributed by atoms with Crippen LogP contribution >= 0.6 is 11.3 Å². The lowest BCUT2D eigenvalue weighted by molar-refractivity contribution is 0.564. The average molecular weight is 299 g/mol. The number of hydrogen-bond acceptors (Lipinski definition) is 4. The minimum Gasteiger partial charge on any atom is -0.374 e. The predicted molar refractivity (Wildman–Crippen MR) is 89.0 cm³/mol. The Kier molecular flexibility index (Phi) is 3.23. The van der Waals surface area contributed by atoms with Gasteiger partial charge in [0.25, 0.3) is 0 Å². The first-order valence-electron chi connectivity index (χ1n) is 7.82. The number of anilines is 1. The van der Waals surface area contributed by atoms with Gasteiger partial charge in [0, 0.05) is 35.8 Å². The maximum Gasteiger partial charge on any atom is 0.123 e. The van der Waals surface area contributed by atoms with Gasteiger partial charge in [-0.15, -0.1) is 11.3 Å². The van der Waals surface area contributed by atoms with E-state index < -0.39 is 0 Å². The van der Waals surface area contributed by atoms with Crippen LogP contribution < -0.4 is 10.6 Å². The van der Waals surface area contributed by atoms with Gasteiger partial charge < -0.3 is 10.6 Å². The molecule has 0 bridgehead atoms. The van der Waals surface area contributed by atoms with Crippen molar-refractivity contribution >= 4 is 17.0 Å². The largest absolute Gasteiger partial charge is 0.374 e. The fraction of sp³-hybridized carbons (Fsp3) is 0.471. The fourth-order valence-electron chi connectivity index (χ4n) is 3.49. The first-order chi connectivity index (χ1) is 10.2. The highest BCUT2D eigenvalue weighted by Gasteiger charge is 2.23. The van der Waals surface area contributed by atoms with Crippen molar-refractivity contribution in [2.24, 2.45) is 5.73 Å². The zero-order valence-corrected chi connectivity index (χ0v) is 13.2. The molecule has 1 aromatic heterocycles. The van der Waals surface area contributed by atoms with Gasteiger partial charge in [-0.05, 0) is 55.9 Å². The van der Waals surface area contributed by atoms with Gasteiger partial charge in [-0.2, -0.15) is 0 Å². The Balaban J connectivity index is 1.74. The molecule has 1 aromatic carbocycles. The molecule has 4 heteroatoms. The molecule has 2 heterocycles. The molecular formula is C17H21N3S. The van der Waals surface area contributed by atoms with E-state index in [1.54, 1.807) is 0 Å². The van der Waals surface area contributed by atoms with Crippen molar-refractivity contribution in [3.05, 3.63) is 34.3 Å². The summed E-state index contributed by atoms with van der Waals surface area (Å²) in [6.45, 7) is 1.16. The lowest BCUT2D eigenvalue weighted by atomic mass is 9.98. The molecule has 4 rings (SSSR count). The Labute approximate surface area is 129 Å². The molecule has 2 aliphatic rings. The number of nitrogens with two attached hydrogens (primary N) is 1. The lowest BCUT2D eigenvalue weighted by Crippen LogP contribution is -2.24. The number of fused-ring (bicyclic) bond motifs is 2. The molecule has 2 aromatic rings. The number of hydrogen-bond donors (Lipinski definition) is 1. The Bertz CT molecular complexity index is 677. The van der Waals surface area contributed by atoms with Crippen LogP contribution in [0, 0.1) is 0 Å². The summed E-state index contributed by atoms with van der Waals surface area (Å²) in [4.78, 5) is 8.60. The normalized spacial score (nSPS) is 21.0. The van der Waals surface area contributed by atoms with Gasteiger partial charge in [-0.25, -0.2) is 4.98 Å². The van der Waals surface area contributed by atoms with E-state index in [1.807, 2.05) is 11.3 Å². The van der Waals surface area contributed by atoms with Gasteiger partial charge >= 0.3 is 0 Å². The summed E-state index contributed by atoms with van der Waals surface area (Å²) in [6, 6.07) is 6.95. The Morgan fingerprint density at radius 1 is 1.29 bits per heavy atom. The summed E-state index contributed by atoms with van der Waals surface area (Å²) in [5, 5.41) is 1.15. The highest BCUT2D eigenvalue weighted by atomic mass is 32.1. The molecule has 21 heavy (non-hydrogen) atoms. The number of rotatable bonds is 1. The molecular weight excluding hydrogens is 278 g/mol. The van der Waals surface area contributed by atoms with Crippen molar-refractivity contribution in [3.63, 3.8) is 0 Å². The molecule has 1 unspecified atom stereocenters. The van der Waals surface area contributed by atoms with E-state index in [1.165, 1.54) is 41.0 Å². The van der Waals surface area contributed by atoms with Crippen LogP contribution in [-0.4, -0.2) is 18.6 Å². The van der Waals surface area contributed by atoms with E-state index in [0.29, 0.717) is 0 Å². The third-order valence-corrected chi connectivity index (χ3v) is 5.86. The second kappa shape index (κ2) is 5.11. The summed E-state index contributed by atoms with van der Waals surface area (Å²) in [5.74, 6) is 0. The smallest absolute Gasteiger partial charge is 0.123 e. The van der Waals surface area contributed by atoms with E-state index in [0.717, 1.165) is 30.1 Å². The number of aryl methyl sites for hydroxylation is 2. The third-order valence-electron chi connectivity index (χ3n) is 4.68. The van der Waals surface area contributed by atoms with Crippen LogP contribution in [0.3, 0.4) is 0 Å². The molecule has 0 amide bonds. The summed E-state index contributed by atoms with van der Waals surface area (Å²) >= 11 is 1.84. The van der Waals surface area contributed by atoms with Gasteiger partial charge in [-0.1, -0.05) is 0 Å². The standard InChI is InChI=1S/C17H21N3S/c1-20-9-3-4-11-10-12(7-8-14(11)20)17-19-16-13(18)5-2-6-15(16)21-17/h7-8,10,13H,2-6,9,18H2,1H3. The number of thiazole rings is 1. The van der Waals surface area contributed by atoms with Crippen LogP contribution in [0.15, 0.2) is 18.2 Å². The summed E-state index contributed by atoms with van der Waals surface area (Å²) in [7, 11) is 2.18. The first-order valence-corrected chi connectivity index (χ1v) is 8.63. The van der Waals surface area contributed by atoms with Crippen molar-refractivity contribution in [1.29, 1.82) is 0 Å². The summed E-state index contributed by atoms with van der Waals surface area (Å²) in [6.07, 6.45) is 5.84. The Morgan fingerprint density at radius 3 is 3.05 bits per heavy atom. The molecule has 1 aliphatic carbocycles. The van der Waals surface area contributed by atoms with E-state index in [4.69, 9.17) is 10.7 Å². The molecule has 2 N–H and O–H groups in total. The van der Waals surface area contributed by atoms with Crippen molar-refractivity contribution in [3.8, 4) is 10.6 Å². The molecule has 3 nitrogen and oxygen atoms in total. The molecule has 0 radical (unpaired) electrons. The lowest BCUT2D eigenvalue weighted by Gasteiger charge is -2.27. The quantitative estimate of drug-likeness (QED) is 0.876. The van der Waals surface area contributed by atoms with Gasteiger partial charge in [0.1, 0.15) is 5.01 Å². The van der Waals surface area contributed by atoms with Gasteiger partial charge in [-0.3, -0.25) is 0 Å². The van der Waals surface area contributed by atoms with Crippen molar-refractivity contribution in [2.75, 3.05) is 18.5 Å². The Hall–Kier alpha value is -1.39. The highest BCUT2D eigenvalue weighted by molar-refractivity contribution is 7.15. The van der Waals surface area contributed by atoms with Crippen LogP contribution in [0.5, 0.6) is 0 Å². The van der Waals surface area contributed by atoms with Crippen LogP contribution in [-0.2, 0) is 12.8 Å². The SMILES string of the molecule is CN1CCCc2cc(-c3nc4c(s3)CCCC4N)ccc21. The minimum absolute atomic E-state index is 0.141. The topological polar surface area (TPSA) is 42.2 Å². The van der Waals surface area contributed by atoms with Crippen LogP contribution in [0.4, 0.5) is 5.69 Å². The minimum atomic E-state index is 0.141. The third kappa shape index (κ3) is 2.27. The molecule has 0 saturated heterocycles. The summed E-state index contributed by atoms with van der Waals surface area (Å²) in [5.41, 5.74) is 11.4. The van der Waals surface area contributed by atoms with Crippen molar-refractivity contribution < 1.29 is 0 Å². The second-order valence-corrected chi connectivity index (χ2v) is 7.28. The van der Waals surface area contributed by atoms with E-state index in [2.05, 4.69) is 30.1 Å². The predicted octanol–water partition coefficient (Wildman–Crippen LogP) is 3.53. The molecule has 0 saturated carbocycles. The zero-order valence-electron chi connectivity index (χ0n) is 12.4. The average Bonchev–Trinajstić information content (AvgIpc) is 2.93. The van der Waals surface area contributed by atoms with E-state index in [-0.39, 0.29) is 6.04 Å². The van der Waals surface area contributed by atoms with Gasteiger partial charge in [0.15, 0.2) is 0 Å². The summed E-state index contributed by atoms with van der Waals surface area (Å²) < 4.78 is 0. The second-order valence-electron chi connectivity index (χ2n) is 6.19. The fourth-order valence-corrected chi connectivity index (χ4v) is 4.66. The maximum absolute atomic E-state index is 6.20. The van der Waals surface area contributed by atoms with Crippen molar-refractivity contribution in [1.82, 2.24) is 4.98 Å². The molecule has 110 valence electrons. The van der Waals surface area contributed by atoms with Crippen molar-refractivity contribution in [2.45, 2.75) is 38.1 Å². The van der Waals surface area contributed by atoms with Gasteiger partial charge in [0.05, 0.1) is 5.69 Å². The molecule has 1 aliphatic heterocycles. The zero-order chi connectivity index (χ0) is 14.4. The van der Waals surface area contributed by atoms with Crippen LogP contribution in [0.25, 0.3) is 10.6 Å². The monoisotopic (exact) mass is 299 g/mol. The number of nitrogens with zero attached hydrogens (tertiary/aromatic N) is 2.